The van der Waals surface area contributed by atoms with Crippen LogP contribution in [-0.4, -0.2) is 15.6 Å². The number of aromatic nitrogens is 2. The van der Waals surface area contributed by atoms with Crippen molar-refractivity contribution in [3.63, 3.8) is 0 Å². The first-order valence-electron chi connectivity index (χ1n) is 4.92. The van der Waals surface area contributed by atoms with Gasteiger partial charge in [0.25, 0.3) is 0 Å². The Morgan fingerprint density at radius 3 is 2.81 bits per heavy atom. The molecular weight excluding hydrogens is 207 g/mol. The van der Waals surface area contributed by atoms with Gasteiger partial charge in [-0.3, -0.25) is 9.48 Å². The third-order valence-electron chi connectivity index (χ3n) is 2.34. The van der Waals surface area contributed by atoms with E-state index in [2.05, 4.69) is 5.10 Å². The molecule has 4 heteroatoms. The summed E-state index contributed by atoms with van der Waals surface area (Å²) in [6, 6.07) is 6.29. The van der Waals surface area contributed by atoms with E-state index in [1.165, 1.54) is 12.3 Å². The van der Waals surface area contributed by atoms with Crippen molar-refractivity contribution in [2.45, 2.75) is 6.42 Å². The topological polar surface area (TPSA) is 34.9 Å². The van der Waals surface area contributed by atoms with Crippen LogP contribution in [0, 0.1) is 5.82 Å². The van der Waals surface area contributed by atoms with Crippen molar-refractivity contribution in [2.24, 2.45) is 7.05 Å². The van der Waals surface area contributed by atoms with Gasteiger partial charge in [-0.25, -0.2) is 4.39 Å². The first-order chi connectivity index (χ1) is 7.66. The summed E-state index contributed by atoms with van der Waals surface area (Å²) >= 11 is 0. The highest BCUT2D eigenvalue weighted by Gasteiger charge is 2.11. The maximum absolute atomic E-state index is 13.3. The van der Waals surface area contributed by atoms with Crippen molar-refractivity contribution in [3.8, 4) is 0 Å². The Hall–Kier alpha value is -1.97. The number of rotatable bonds is 3. The molecule has 0 spiro atoms. The van der Waals surface area contributed by atoms with E-state index in [1.807, 2.05) is 0 Å². The molecule has 0 aliphatic rings. The first kappa shape index (κ1) is 10.5. The second-order valence-corrected chi connectivity index (χ2v) is 3.59. The van der Waals surface area contributed by atoms with Crippen LogP contribution in [0.4, 0.5) is 4.39 Å². The van der Waals surface area contributed by atoms with Gasteiger partial charge in [0.1, 0.15) is 5.82 Å². The number of hydrogen-bond acceptors (Lipinski definition) is 2. The Labute approximate surface area is 92.5 Å². The Morgan fingerprint density at radius 1 is 1.44 bits per heavy atom. The quantitative estimate of drug-likeness (QED) is 0.738. The van der Waals surface area contributed by atoms with E-state index in [4.69, 9.17) is 0 Å². The fourth-order valence-electron chi connectivity index (χ4n) is 1.48. The lowest BCUT2D eigenvalue weighted by atomic mass is 10.1. The van der Waals surface area contributed by atoms with E-state index in [9.17, 15) is 9.18 Å². The molecule has 2 aromatic rings. The predicted octanol–water partition coefficient (Wildman–Crippen LogP) is 1.98. The second-order valence-electron chi connectivity index (χ2n) is 3.59. The van der Waals surface area contributed by atoms with Gasteiger partial charge in [-0.2, -0.15) is 5.10 Å². The van der Waals surface area contributed by atoms with E-state index in [1.54, 1.807) is 36.1 Å². The normalized spacial score (nSPS) is 10.4. The summed E-state index contributed by atoms with van der Waals surface area (Å²) < 4.78 is 14.8. The number of hydrogen-bond donors (Lipinski definition) is 0. The molecule has 0 amide bonds. The molecular formula is C12H11FN2O. The molecule has 0 saturated carbocycles. The van der Waals surface area contributed by atoms with Crippen LogP contribution in [0.25, 0.3) is 0 Å². The van der Waals surface area contributed by atoms with Gasteiger partial charge in [-0.05, 0) is 11.6 Å². The summed E-state index contributed by atoms with van der Waals surface area (Å²) in [7, 11) is 1.74. The average Bonchev–Trinajstić information content (AvgIpc) is 2.68. The van der Waals surface area contributed by atoms with Crippen molar-refractivity contribution < 1.29 is 9.18 Å². The number of carbonyl (C=O) groups is 1. The molecule has 0 bridgehead atoms. The molecule has 0 saturated heterocycles. The van der Waals surface area contributed by atoms with Gasteiger partial charge in [-0.15, -0.1) is 0 Å². The van der Waals surface area contributed by atoms with Gasteiger partial charge >= 0.3 is 0 Å². The predicted molar refractivity (Wildman–Crippen MR) is 57.6 cm³/mol. The van der Waals surface area contributed by atoms with Crippen LogP contribution in [0.15, 0.2) is 36.7 Å². The van der Waals surface area contributed by atoms with E-state index < -0.39 is 0 Å². The fourth-order valence-corrected chi connectivity index (χ4v) is 1.48. The Morgan fingerprint density at radius 2 is 2.19 bits per heavy atom. The molecule has 0 N–H and O–H groups in total. The SMILES string of the molecule is Cn1cc(C(=O)Cc2ccccc2F)cn1. The van der Waals surface area contributed by atoms with Crippen molar-refractivity contribution in [2.75, 3.05) is 0 Å². The minimum absolute atomic E-state index is 0.0678. The number of ketones is 1. The zero-order chi connectivity index (χ0) is 11.5. The van der Waals surface area contributed by atoms with Crippen LogP contribution in [0.2, 0.25) is 0 Å². The number of aryl methyl sites for hydroxylation is 1. The largest absolute Gasteiger partial charge is 0.294 e. The van der Waals surface area contributed by atoms with Crippen LogP contribution >= 0.6 is 0 Å². The van der Waals surface area contributed by atoms with E-state index in [-0.39, 0.29) is 18.0 Å². The van der Waals surface area contributed by atoms with Crippen LogP contribution in [0.3, 0.4) is 0 Å². The van der Waals surface area contributed by atoms with Crippen LogP contribution in [0.1, 0.15) is 15.9 Å². The number of halogens is 1. The minimum atomic E-state index is -0.347. The van der Waals surface area contributed by atoms with Gasteiger partial charge in [0.2, 0.25) is 0 Å². The highest BCUT2D eigenvalue weighted by atomic mass is 19.1. The highest BCUT2D eigenvalue weighted by Crippen LogP contribution is 2.10. The van der Waals surface area contributed by atoms with E-state index >= 15 is 0 Å². The number of benzene rings is 1. The lowest BCUT2D eigenvalue weighted by Crippen LogP contribution is -2.04. The van der Waals surface area contributed by atoms with Crippen LogP contribution in [0.5, 0.6) is 0 Å². The summed E-state index contributed by atoms with van der Waals surface area (Å²) in [5.74, 6) is -0.474. The number of nitrogens with zero attached hydrogens (tertiary/aromatic N) is 2. The standard InChI is InChI=1S/C12H11FN2O/c1-15-8-10(7-14-15)12(16)6-9-4-2-3-5-11(9)13/h2-5,7-8H,6H2,1H3. The third kappa shape index (κ3) is 2.16. The maximum Gasteiger partial charge on any atom is 0.170 e. The molecule has 82 valence electrons. The zero-order valence-electron chi connectivity index (χ0n) is 8.85. The summed E-state index contributed by atoms with van der Waals surface area (Å²) in [6.45, 7) is 0. The monoisotopic (exact) mass is 218 g/mol. The molecule has 0 atom stereocenters. The highest BCUT2D eigenvalue weighted by molar-refractivity contribution is 5.97. The van der Waals surface area contributed by atoms with Gasteiger partial charge in [0, 0.05) is 19.7 Å². The smallest absolute Gasteiger partial charge is 0.170 e. The number of Topliss-reactive ketones (excluding diaryl/α,β-unsaturated/α-hetero) is 1. The maximum atomic E-state index is 13.3. The Bertz CT molecular complexity index is 519. The van der Waals surface area contributed by atoms with Crippen LogP contribution in [-0.2, 0) is 13.5 Å². The van der Waals surface area contributed by atoms with E-state index in [0.717, 1.165) is 0 Å². The molecule has 0 fully saturated rings. The molecule has 1 aromatic carbocycles. The molecule has 3 nitrogen and oxygen atoms in total. The van der Waals surface area contributed by atoms with Crippen LogP contribution < -0.4 is 0 Å². The second kappa shape index (κ2) is 4.26. The number of carbonyl (C=O) groups excluding carboxylic acids is 1. The van der Waals surface area contributed by atoms with Gasteiger partial charge in [0.15, 0.2) is 5.78 Å². The summed E-state index contributed by atoms with van der Waals surface area (Å²) in [5.41, 5.74) is 0.919. The molecule has 0 radical (unpaired) electrons. The average molecular weight is 218 g/mol. The zero-order valence-corrected chi connectivity index (χ0v) is 8.85. The Balaban J connectivity index is 2.17. The minimum Gasteiger partial charge on any atom is -0.294 e. The molecule has 1 aromatic heterocycles. The molecule has 0 aliphatic heterocycles. The first-order valence-corrected chi connectivity index (χ1v) is 4.92. The summed E-state index contributed by atoms with van der Waals surface area (Å²) in [6.07, 6.45) is 3.19. The van der Waals surface area contributed by atoms with Gasteiger partial charge in [0.05, 0.1) is 11.8 Å². The van der Waals surface area contributed by atoms with Gasteiger partial charge < -0.3 is 0 Å². The molecule has 2 rings (SSSR count). The molecule has 1 heterocycles. The van der Waals surface area contributed by atoms with Crippen molar-refractivity contribution in [3.05, 3.63) is 53.6 Å². The fraction of sp³-hybridized carbons (Fsp3) is 0.167. The van der Waals surface area contributed by atoms with E-state index in [0.29, 0.717) is 11.1 Å². The summed E-state index contributed by atoms with van der Waals surface area (Å²) in [4.78, 5) is 11.8. The van der Waals surface area contributed by atoms with Crippen molar-refractivity contribution in [1.82, 2.24) is 9.78 Å². The third-order valence-corrected chi connectivity index (χ3v) is 2.34. The van der Waals surface area contributed by atoms with Crippen molar-refractivity contribution >= 4 is 5.78 Å². The lowest BCUT2D eigenvalue weighted by molar-refractivity contribution is 0.0992. The molecule has 16 heavy (non-hydrogen) atoms. The van der Waals surface area contributed by atoms with Gasteiger partial charge in [-0.1, -0.05) is 18.2 Å². The molecule has 0 unspecified atom stereocenters. The summed E-state index contributed by atoms with van der Waals surface area (Å²) in [5, 5.41) is 3.90. The Kier molecular flexibility index (Phi) is 2.81. The molecule has 0 aliphatic carbocycles. The van der Waals surface area contributed by atoms with Crippen molar-refractivity contribution in [1.29, 1.82) is 0 Å². The lowest BCUT2D eigenvalue weighted by Gasteiger charge is -2.00.